The Labute approximate surface area is 184 Å². The quantitative estimate of drug-likeness (QED) is 0.582. The van der Waals surface area contributed by atoms with Gasteiger partial charge in [-0.3, -0.25) is 4.79 Å². The molecule has 0 spiro atoms. The molecule has 9 heteroatoms. The van der Waals surface area contributed by atoms with Crippen molar-refractivity contribution in [3.63, 3.8) is 0 Å². The molecule has 1 heterocycles. The Morgan fingerprint density at radius 2 is 1.91 bits per heavy atom. The SMILES string of the molecule is COc1ccc2c(c1)CCNC2C(=O)Nc1cc(F)c(C(C)(C)COCC(F)F)c(F)c1. The van der Waals surface area contributed by atoms with Gasteiger partial charge in [-0.25, -0.2) is 17.6 Å². The second-order valence-corrected chi connectivity index (χ2v) is 8.30. The summed E-state index contributed by atoms with van der Waals surface area (Å²) in [7, 11) is 1.56. The Balaban J connectivity index is 1.77. The first-order chi connectivity index (χ1) is 15.1. The lowest BCUT2D eigenvalue weighted by Crippen LogP contribution is -2.38. The molecule has 1 atom stereocenters. The van der Waals surface area contributed by atoms with Gasteiger partial charge in [0.05, 0.1) is 13.7 Å². The summed E-state index contributed by atoms with van der Waals surface area (Å²) in [5.74, 6) is -1.56. The molecular weight excluding hydrogens is 428 g/mol. The molecule has 3 rings (SSSR count). The summed E-state index contributed by atoms with van der Waals surface area (Å²) in [6.07, 6.45) is -1.95. The third kappa shape index (κ3) is 5.39. The normalized spacial score (nSPS) is 16.1. The number of halogens is 4. The molecule has 0 saturated carbocycles. The summed E-state index contributed by atoms with van der Waals surface area (Å²) < 4.78 is 64.3. The van der Waals surface area contributed by atoms with E-state index in [1.807, 2.05) is 6.07 Å². The standard InChI is InChI=1S/C23H26F4N2O3/c1-23(2,12-32-11-19(26)27)20-17(24)9-14(10-18(20)25)29-22(30)21-16-5-4-15(31-3)8-13(16)6-7-28-21/h4-5,8-10,19,21,28H,6-7,11-12H2,1-3H3,(H,29,30). The fraction of sp³-hybridized carbons (Fsp3) is 0.435. The lowest BCUT2D eigenvalue weighted by molar-refractivity contribution is -0.118. The minimum absolute atomic E-state index is 0.0412. The lowest BCUT2D eigenvalue weighted by Gasteiger charge is -2.28. The number of carbonyl (C=O) groups excluding carboxylic acids is 1. The fourth-order valence-electron chi connectivity index (χ4n) is 3.88. The maximum atomic E-state index is 14.8. The number of amides is 1. The molecule has 0 bridgehead atoms. The monoisotopic (exact) mass is 454 g/mol. The Kier molecular flexibility index (Phi) is 7.40. The average Bonchev–Trinajstić information content (AvgIpc) is 2.71. The number of hydrogen-bond donors (Lipinski definition) is 2. The summed E-state index contributed by atoms with van der Waals surface area (Å²) >= 11 is 0. The van der Waals surface area contributed by atoms with Crippen molar-refractivity contribution in [2.24, 2.45) is 0 Å². The number of methoxy groups -OCH3 is 1. The van der Waals surface area contributed by atoms with Crippen molar-refractivity contribution in [3.05, 3.63) is 58.7 Å². The topological polar surface area (TPSA) is 59.6 Å². The van der Waals surface area contributed by atoms with Crippen LogP contribution in [0.5, 0.6) is 5.75 Å². The van der Waals surface area contributed by atoms with Gasteiger partial charge in [-0.2, -0.15) is 0 Å². The number of ether oxygens (including phenoxy) is 2. The summed E-state index contributed by atoms with van der Waals surface area (Å²) in [6, 6.07) is 6.75. The van der Waals surface area contributed by atoms with Crippen LogP contribution in [-0.4, -0.2) is 39.2 Å². The van der Waals surface area contributed by atoms with Gasteiger partial charge in [0.2, 0.25) is 5.91 Å². The van der Waals surface area contributed by atoms with Gasteiger partial charge in [0, 0.05) is 23.2 Å². The summed E-state index contributed by atoms with van der Waals surface area (Å²) in [5, 5.41) is 5.67. The van der Waals surface area contributed by atoms with E-state index in [2.05, 4.69) is 10.6 Å². The summed E-state index contributed by atoms with van der Waals surface area (Å²) in [4.78, 5) is 12.9. The highest BCUT2D eigenvalue weighted by Crippen LogP contribution is 2.32. The fourth-order valence-corrected chi connectivity index (χ4v) is 3.88. The van der Waals surface area contributed by atoms with Crippen molar-refractivity contribution in [3.8, 4) is 5.75 Å². The maximum absolute atomic E-state index is 14.8. The zero-order valence-corrected chi connectivity index (χ0v) is 18.1. The molecule has 0 fully saturated rings. The zero-order valence-electron chi connectivity index (χ0n) is 18.1. The van der Waals surface area contributed by atoms with Crippen LogP contribution in [-0.2, 0) is 21.4 Å². The molecule has 174 valence electrons. The number of anilines is 1. The number of benzene rings is 2. The third-order valence-corrected chi connectivity index (χ3v) is 5.36. The van der Waals surface area contributed by atoms with Gasteiger partial charge in [0.15, 0.2) is 0 Å². The van der Waals surface area contributed by atoms with Gasteiger partial charge in [-0.15, -0.1) is 0 Å². The van der Waals surface area contributed by atoms with E-state index >= 15 is 0 Å². The highest BCUT2D eigenvalue weighted by molar-refractivity contribution is 5.96. The molecule has 1 aliphatic rings. The summed E-state index contributed by atoms with van der Waals surface area (Å²) in [6.45, 7) is 2.45. The minimum atomic E-state index is -2.67. The van der Waals surface area contributed by atoms with Gasteiger partial charge in [0.1, 0.15) is 30.0 Å². The van der Waals surface area contributed by atoms with Crippen LogP contribution in [0, 0.1) is 11.6 Å². The maximum Gasteiger partial charge on any atom is 0.261 e. The molecular formula is C23H26F4N2O3. The first kappa shape index (κ1) is 24.0. The molecule has 1 amide bonds. The Morgan fingerprint density at radius 1 is 1.22 bits per heavy atom. The number of carbonyl (C=O) groups is 1. The van der Waals surface area contributed by atoms with E-state index < -0.39 is 42.0 Å². The van der Waals surface area contributed by atoms with E-state index in [0.717, 1.165) is 29.7 Å². The molecule has 2 aromatic rings. The van der Waals surface area contributed by atoms with Crippen LogP contribution in [0.3, 0.4) is 0 Å². The number of nitrogens with one attached hydrogen (secondary N) is 2. The molecule has 2 aromatic carbocycles. The number of fused-ring (bicyclic) bond motifs is 1. The minimum Gasteiger partial charge on any atom is -0.497 e. The Morgan fingerprint density at radius 3 is 2.53 bits per heavy atom. The molecule has 1 unspecified atom stereocenters. The predicted octanol–water partition coefficient (Wildman–Crippen LogP) is 4.36. The smallest absolute Gasteiger partial charge is 0.261 e. The van der Waals surface area contributed by atoms with Crippen molar-refractivity contribution in [2.75, 3.05) is 32.2 Å². The van der Waals surface area contributed by atoms with Crippen molar-refractivity contribution >= 4 is 11.6 Å². The molecule has 1 aliphatic heterocycles. The first-order valence-electron chi connectivity index (χ1n) is 10.2. The lowest BCUT2D eigenvalue weighted by atomic mass is 9.84. The number of hydrogen-bond acceptors (Lipinski definition) is 4. The predicted molar refractivity (Wildman–Crippen MR) is 112 cm³/mol. The second kappa shape index (κ2) is 9.87. The van der Waals surface area contributed by atoms with Crippen LogP contribution in [0.4, 0.5) is 23.2 Å². The molecule has 0 saturated heterocycles. The number of rotatable bonds is 8. The second-order valence-electron chi connectivity index (χ2n) is 8.30. The van der Waals surface area contributed by atoms with Crippen LogP contribution >= 0.6 is 0 Å². The molecule has 0 aliphatic carbocycles. The van der Waals surface area contributed by atoms with E-state index in [4.69, 9.17) is 9.47 Å². The van der Waals surface area contributed by atoms with E-state index in [1.165, 1.54) is 13.8 Å². The van der Waals surface area contributed by atoms with Crippen LogP contribution < -0.4 is 15.4 Å². The van der Waals surface area contributed by atoms with Gasteiger partial charge in [-0.1, -0.05) is 19.9 Å². The Bertz CT molecular complexity index is 959. The van der Waals surface area contributed by atoms with E-state index in [9.17, 15) is 22.4 Å². The zero-order chi connectivity index (χ0) is 23.5. The van der Waals surface area contributed by atoms with Crippen LogP contribution in [0.1, 0.15) is 36.6 Å². The molecule has 0 radical (unpaired) electrons. The molecule has 5 nitrogen and oxygen atoms in total. The van der Waals surface area contributed by atoms with Crippen molar-refractivity contribution in [2.45, 2.75) is 38.2 Å². The van der Waals surface area contributed by atoms with Gasteiger partial charge in [0.25, 0.3) is 6.43 Å². The van der Waals surface area contributed by atoms with E-state index in [-0.39, 0.29) is 17.9 Å². The van der Waals surface area contributed by atoms with E-state index in [0.29, 0.717) is 12.3 Å². The third-order valence-electron chi connectivity index (χ3n) is 5.36. The number of alkyl halides is 2. The molecule has 2 N–H and O–H groups in total. The van der Waals surface area contributed by atoms with Gasteiger partial charge >= 0.3 is 0 Å². The summed E-state index contributed by atoms with van der Waals surface area (Å²) in [5.41, 5.74) is 0.207. The largest absolute Gasteiger partial charge is 0.497 e. The van der Waals surface area contributed by atoms with Crippen molar-refractivity contribution < 1.29 is 31.8 Å². The van der Waals surface area contributed by atoms with Gasteiger partial charge < -0.3 is 20.1 Å². The highest BCUT2D eigenvalue weighted by atomic mass is 19.3. The first-order valence-corrected chi connectivity index (χ1v) is 10.2. The van der Waals surface area contributed by atoms with Crippen LogP contribution in [0.25, 0.3) is 0 Å². The van der Waals surface area contributed by atoms with Crippen LogP contribution in [0.2, 0.25) is 0 Å². The highest BCUT2D eigenvalue weighted by Gasteiger charge is 2.31. The van der Waals surface area contributed by atoms with Crippen molar-refractivity contribution in [1.29, 1.82) is 0 Å². The Hall–Kier alpha value is -2.65. The van der Waals surface area contributed by atoms with Crippen LogP contribution in [0.15, 0.2) is 30.3 Å². The molecule has 32 heavy (non-hydrogen) atoms. The van der Waals surface area contributed by atoms with Crippen molar-refractivity contribution in [1.82, 2.24) is 5.32 Å². The average molecular weight is 454 g/mol. The molecule has 0 aromatic heterocycles. The van der Waals surface area contributed by atoms with Gasteiger partial charge in [-0.05, 0) is 41.8 Å². The van der Waals surface area contributed by atoms with E-state index in [1.54, 1.807) is 19.2 Å².